The molecule has 0 atom stereocenters. The lowest BCUT2D eigenvalue weighted by atomic mass is 10.1. The number of allylic oxidation sites excluding steroid dienone is 1. The zero-order valence-corrected chi connectivity index (χ0v) is 11.7. The summed E-state index contributed by atoms with van der Waals surface area (Å²) in [5, 5.41) is 0. The van der Waals surface area contributed by atoms with Gasteiger partial charge < -0.3 is 4.18 Å². The van der Waals surface area contributed by atoms with Gasteiger partial charge in [-0.3, -0.25) is 0 Å². The van der Waals surface area contributed by atoms with Gasteiger partial charge in [-0.05, 0) is 48.9 Å². The van der Waals surface area contributed by atoms with Crippen LogP contribution in [0, 0.1) is 5.82 Å². The predicted molar refractivity (Wildman–Crippen MR) is 75.4 cm³/mol. The van der Waals surface area contributed by atoms with Crippen molar-refractivity contribution >= 4 is 15.7 Å². The topological polar surface area (TPSA) is 43.4 Å². The molecule has 104 valence electrons. The summed E-state index contributed by atoms with van der Waals surface area (Å²) in [6, 6.07) is 11.0. The SMILES string of the molecule is C=C(C)c1ccc(OS(=O)(=O)c2ccc(F)cc2)cc1. The highest BCUT2D eigenvalue weighted by molar-refractivity contribution is 7.87. The average molecular weight is 292 g/mol. The van der Waals surface area contributed by atoms with Gasteiger partial charge >= 0.3 is 10.1 Å². The van der Waals surface area contributed by atoms with Gasteiger partial charge in [0.05, 0.1) is 0 Å². The van der Waals surface area contributed by atoms with E-state index in [4.69, 9.17) is 4.18 Å². The Bertz CT molecular complexity index is 717. The largest absolute Gasteiger partial charge is 0.379 e. The molecule has 0 radical (unpaired) electrons. The summed E-state index contributed by atoms with van der Waals surface area (Å²) in [5.41, 5.74) is 1.77. The summed E-state index contributed by atoms with van der Waals surface area (Å²) < 4.78 is 41.7. The van der Waals surface area contributed by atoms with E-state index in [0.717, 1.165) is 35.4 Å². The molecule has 0 saturated carbocycles. The van der Waals surface area contributed by atoms with Gasteiger partial charge in [0.25, 0.3) is 0 Å². The Balaban J connectivity index is 2.24. The van der Waals surface area contributed by atoms with Crippen LogP contribution in [0.1, 0.15) is 12.5 Å². The minimum Gasteiger partial charge on any atom is -0.379 e. The molecule has 5 heteroatoms. The molecule has 0 aliphatic rings. The standard InChI is InChI=1S/C15H13FO3S/c1-11(2)12-3-7-14(8-4-12)19-20(17,18)15-9-5-13(16)6-10-15/h3-10H,1H2,2H3. The van der Waals surface area contributed by atoms with E-state index in [1.165, 1.54) is 0 Å². The zero-order chi connectivity index (χ0) is 14.8. The van der Waals surface area contributed by atoms with Crippen molar-refractivity contribution in [3.05, 3.63) is 66.5 Å². The van der Waals surface area contributed by atoms with E-state index >= 15 is 0 Å². The van der Waals surface area contributed by atoms with E-state index in [-0.39, 0.29) is 10.6 Å². The quantitative estimate of drug-likeness (QED) is 0.808. The van der Waals surface area contributed by atoms with Gasteiger partial charge in [0.1, 0.15) is 16.5 Å². The van der Waals surface area contributed by atoms with Crippen LogP contribution in [0.3, 0.4) is 0 Å². The molecule has 0 N–H and O–H groups in total. The molecule has 0 unspecified atom stereocenters. The van der Waals surface area contributed by atoms with E-state index in [1.807, 2.05) is 6.92 Å². The maximum absolute atomic E-state index is 12.8. The fourth-order valence-electron chi connectivity index (χ4n) is 1.57. The molecular weight excluding hydrogens is 279 g/mol. The van der Waals surface area contributed by atoms with E-state index in [2.05, 4.69) is 6.58 Å². The molecule has 2 aromatic carbocycles. The average Bonchev–Trinajstić information content (AvgIpc) is 2.39. The molecular formula is C15H13FO3S. The molecule has 0 fully saturated rings. The number of benzene rings is 2. The molecule has 0 saturated heterocycles. The van der Waals surface area contributed by atoms with Crippen molar-refractivity contribution in [2.45, 2.75) is 11.8 Å². The Morgan fingerprint density at radius 3 is 2.10 bits per heavy atom. The first kappa shape index (κ1) is 14.3. The summed E-state index contributed by atoms with van der Waals surface area (Å²) in [4.78, 5) is -0.0946. The van der Waals surface area contributed by atoms with Crippen molar-refractivity contribution in [1.82, 2.24) is 0 Å². The van der Waals surface area contributed by atoms with Crippen LogP contribution in [-0.4, -0.2) is 8.42 Å². The second-order valence-electron chi connectivity index (χ2n) is 4.30. The molecule has 2 aromatic rings. The van der Waals surface area contributed by atoms with Crippen LogP contribution < -0.4 is 4.18 Å². The lowest BCUT2D eigenvalue weighted by molar-refractivity contribution is 0.486. The summed E-state index contributed by atoms with van der Waals surface area (Å²) in [5.74, 6) is -0.311. The third-order valence-electron chi connectivity index (χ3n) is 2.66. The molecule has 0 amide bonds. The van der Waals surface area contributed by atoms with E-state index in [9.17, 15) is 12.8 Å². The van der Waals surface area contributed by atoms with Crippen LogP contribution in [0.15, 0.2) is 60.0 Å². The summed E-state index contributed by atoms with van der Waals surface area (Å²) in [7, 11) is -3.95. The summed E-state index contributed by atoms with van der Waals surface area (Å²) in [6.07, 6.45) is 0. The molecule has 0 aliphatic carbocycles. The van der Waals surface area contributed by atoms with Crippen LogP contribution in [-0.2, 0) is 10.1 Å². The highest BCUT2D eigenvalue weighted by Gasteiger charge is 2.16. The maximum atomic E-state index is 12.8. The normalized spacial score (nSPS) is 11.1. The highest BCUT2D eigenvalue weighted by Crippen LogP contribution is 2.21. The predicted octanol–water partition coefficient (Wildman–Crippen LogP) is 3.63. The van der Waals surface area contributed by atoms with Crippen molar-refractivity contribution in [3.8, 4) is 5.75 Å². The first-order valence-electron chi connectivity index (χ1n) is 5.84. The number of hydrogen-bond donors (Lipinski definition) is 0. The van der Waals surface area contributed by atoms with E-state index < -0.39 is 15.9 Å². The monoisotopic (exact) mass is 292 g/mol. The van der Waals surface area contributed by atoms with Gasteiger partial charge in [0.2, 0.25) is 0 Å². The number of rotatable bonds is 4. The maximum Gasteiger partial charge on any atom is 0.339 e. The third-order valence-corrected chi connectivity index (χ3v) is 3.92. The van der Waals surface area contributed by atoms with Gasteiger partial charge in [-0.2, -0.15) is 8.42 Å². The molecule has 0 heterocycles. The van der Waals surface area contributed by atoms with E-state index in [1.54, 1.807) is 24.3 Å². The fourth-order valence-corrected chi connectivity index (χ4v) is 2.50. The molecule has 3 nitrogen and oxygen atoms in total. The van der Waals surface area contributed by atoms with Gasteiger partial charge in [-0.15, -0.1) is 0 Å². The van der Waals surface area contributed by atoms with Crippen LogP contribution >= 0.6 is 0 Å². The highest BCUT2D eigenvalue weighted by atomic mass is 32.2. The Morgan fingerprint density at radius 1 is 1.05 bits per heavy atom. The van der Waals surface area contributed by atoms with Gasteiger partial charge in [0.15, 0.2) is 0 Å². The zero-order valence-electron chi connectivity index (χ0n) is 10.8. The summed E-state index contributed by atoms with van der Waals surface area (Å²) in [6.45, 7) is 5.64. The number of hydrogen-bond acceptors (Lipinski definition) is 3. The second-order valence-corrected chi connectivity index (χ2v) is 5.84. The molecule has 2 rings (SSSR count). The number of halogens is 1. The van der Waals surface area contributed by atoms with Crippen LogP contribution in [0.2, 0.25) is 0 Å². The fraction of sp³-hybridized carbons (Fsp3) is 0.0667. The molecule has 0 aromatic heterocycles. The van der Waals surface area contributed by atoms with E-state index in [0.29, 0.717) is 0 Å². The lowest BCUT2D eigenvalue weighted by Gasteiger charge is -2.07. The smallest absolute Gasteiger partial charge is 0.339 e. The van der Waals surface area contributed by atoms with Crippen LogP contribution in [0.5, 0.6) is 5.75 Å². The Hall–Kier alpha value is -2.14. The van der Waals surface area contributed by atoms with Crippen LogP contribution in [0.25, 0.3) is 5.57 Å². The summed E-state index contributed by atoms with van der Waals surface area (Å²) >= 11 is 0. The lowest BCUT2D eigenvalue weighted by Crippen LogP contribution is -2.09. The van der Waals surface area contributed by atoms with Gasteiger partial charge in [-0.25, -0.2) is 4.39 Å². The molecule has 20 heavy (non-hydrogen) atoms. The molecule has 0 spiro atoms. The van der Waals surface area contributed by atoms with Gasteiger partial charge in [0, 0.05) is 0 Å². The Labute approximate surface area is 117 Å². The van der Waals surface area contributed by atoms with Gasteiger partial charge in [-0.1, -0.05) is 24.3 Å². The Kier molecular flexibility index (Phi) is 3.90. The van der Waals surface area contributed by atoms with Crippen molar-refractivity contribution in [1.29, 1.82) is 0 Å². The minimum absolute atomic E-state index is 0.0946. The minimum atomic E-state index is -3.95. The van der Waals surface area contributed by atoms with Crippen molar-refractivity contribution in [2.75, 3.05) is 0 Å². The van der Waals surface area contributed by atoms with Crippen molar-refractivity contribution in [3.63, 3.8) is 0 Å². The van der Waals surface area contributed by atoms with Crippen molar-refractivity contribution in [2.24, 2.45) is 0 Å². The first-order chi connectivity index (χ1) is 9.38. The molecule has 0 bridgehead atoms. The first-order valence-corrected chi connectivity index (χ1v) is 7.25. The van der Waals surface area contributed by atoms with Crippen molar-refractivity contribution < 1.29 is 17.0 Å². The molecule has 0 aliphatic heterocycles. The Morgan fingerprint density at radius 2 is 1.60 bits per heavy atom. The third kappa shape index (κ3) is 3.24. The second kappa shape index (κ2) is 5.46. The van der Waals surface area contributed by atoms with Crippen LogP contribution in [0.4, 0.5) is 4.39 Å².